The van der Waals surface area contributed by atoms with Gasteiger partial charge in [-0.1, -0.05) is 25.5 Å². The number of rotatable bonds is 1. The molecule has 0 aromatic rings. The van der Waals surface area contributed by atoms with E-state index in [4.69, 9.17) is 5.73 Å². The van der Waals surface area contributed by atoms with Crippen molar-refractivity contribution in [3.05, 3.63) is 23.8 Å². The summed E-state index contributed by atoms with van der Waals surface area (Å²) in [5.41, 5.74) is 6.96. The van der Waals surface area contributed by atoms with Crippen molar-refractivity contribution in [2.45, 2.75) is 58.4 Å². The molecule has 3 N–H and O–H groups in total. The van der Waals surface area contributed by atoms with Crippen molar-refractivity contribution < 1.29 is 9.59 Å². The number of nitrogens with one attached hydrogen (secondary N) is 1. The van der Waals surface area contributed by atoms with Crippen molar-refractivity contribution in [3.8, 4) is 0 Å². The van der Waals surface area contributed by atoms with E-state index in [1.54, 1.807) is 6.08 Å². The van der Waals surface area contributed by atoms with Gasteiger partial charge in [-0.2, -0.15) is 0 Å². The van der Waals surface area contributed by atoms with E-state index in [-0.39, 0.29) is 22.7 Å². The number of hydrogen-bond acceptors (Lipinski definition) is 2. The predicted molar refractivity (Wildman–Crippen MR) is 93.1 cm³/mol. The highest BCUT2D eigenvalue weighted by molar-refractivity contribution is 6.01. The Morgan fingerprint density at radius 2 is 2.00 bits per heavy atom. The molecular formula is C20H28N2O2. The summed E-state index contributed by atoms with van der Waals surface area (Å²) in [6.45, 7) is 4.69. The monoisotopic (exact) mass is 328 g/mol. The lowest BCUT2D eigenvalue weighted by molar-refractivity contribution is -0.111. The van der Waals surface area contributed by atoms with Crippen molar-refractivity contribution >= 4 is 11.8 Å². The predicted octanol–water partition coefficient (Wildman–Crippen LogP) is 3.33. The van der Waals surface area contributed by atoms with Crippen LogP contribution >= 0.6 is 0 Å². The largest absolute Gasteiger partial charge is 0.352 e. The van der Waals surface area contributed by atoms with Gasteiger partial charge in [-0.3, -0.25) is 4.79 Å². The molecule has 2 amide bonds. The summed E-state index contributed by atoms with van der Waals surface area (Å²) < 4.78 is 0. The number of carbonyl (C=O) groups is 2. The van der Waals surface area contributed by atoms with Gasteiger partial charge in [0.15, 0.2) is 5.78 Å². The van der Waals surface area contributed by atoms with Crippen LogP contribution in [-0.2, 0) is 4.79 Å². The first-order chi connectivity index (χ1) is 11.3. The molecule has 4 aliphatic carbocycles. The molecular weight excluding hydrogens is 300 g/mol. The van der Waals surface area contributed by atoms with Crippen LogP contribution in [0.1, 0.15) is 52.4 Å². The lowest BCUT2D eigenvalue weighted by atomic mass is 9.48. The second kappa shape index (κ2) is 5.21. The Morgan fingerprint density at radius 1 is 1.21 bits per heavy atom. The molecule has 3 saturated carbocycles. The molecule has 4 nitrogen and oxygen atoms in total. The molecule has 0 heterocycles. The van der Waals surface area contributed by atoms with Gasteiger partial charge in [-0.05, 0) is 73.8 Å². The first kappa shape index (κ1) is 15.9. The van der Waals surface area contributed by atoms with Crippen LogP contribution in [0.3, 0.4) is 0 Å². The molecule has 4 aliphatic rings. The summed E-state index contributed by atoms with van der Waals surface area (Å²) in [5, 5.41) is 3.02. The molecule has 0 bridgehead atoms. The highest BCUT2D eigenvalue weighted by Crippen LogP contribution is 2.64. The Labute approximate surface area is 143 Å². The van der Waals surface area contributed by atoms with E-state index in [0.717, 1.165) is 19.3 Å². The van der Waals surface area contributed by atoms with E-state index < -0.39 is 6.03 Å². The molecule has 0 radical (unpaired) electrons. The maximum Gasteiger partial charge on any atom is 0.312 e. The van der Waals surface area contributed by atoms with Crippen LogP contribution < -0.4 is 11.1 Å². The van der Waals surface area contributed by atoms with Crippen LogP contribution in [0.2, 0.25) is 0 Å². The lowest BCUT2D eigenvalue weighted by Gasteiger charge is -2.57. The highest BCUT2D eigenvalue weighted by Gasteiger charge is 2.58. The molecule has 6 atom stereocenters. The third kappa shape index (κ3) is 2.11. The quantitative estimate of drug-likeness (QED) is 0.775. The van der Waals surface area contributed by atoms with Gasteiger partial charge in [0.25, 0.3) is 0 Å². The molecule has 4 rings (SSSR count). The topological polar surface area (TPSA) is 72.2 Å². The number of amides is 2. The summed E-state index contributed by atoms with van der Waals surface area (Å²) in [5.74, 6) is 2.10. The maximum atomic E-state index is 11.8. The maximum absolute atomic E-state index is 11.8. The minimum Gasteiger partial charge on any atom is -0.352 e. The van der Waals surface area contributed by atoms with Crippen LogP contribution in [0.4, 0.5) is 4.79 Å². The van der Waals surface area contributed by atoms with Crippen LogP contribution in [0.15, 0.2) is 23.8 Å². The number of nitrogens with two attached hydrogens (primary N) is 1. The number of allylic oxidation sites excluding steroid dienone is 4. The first-order valence-electron chi connectivity index (χ1n) is 9.35. The number of hydrogen-bond donors (Lipinski definition) is 2. The van der Waals surface area contributed by atoms with Gasteiger partial charge < -0.3 is 11.1 Å². The van der Waals surface area contributed by atoms with E-state index >= 15 is 0 Å². The summed E-state index contributed by atoms with van der Waals surface area (Å²) in [6.07, 6.45) is 12.6. The van der Waals surface area contributed by atoms with E-state index in [0.29, 0.717) is 17.8 Å². The Bertz CT molecular complexity index is 652. The standard InChI is InChI=1S/C20H28N2O2/c1-19-9-7-13(23)11-12(19)3-4-14-15-5-6-17(22-18(21)24)20(15,2)10-8-16(14)19/h7,9,11,14-17H,3-6,8,10H2,1-2H3,(H3,21,22,24)/t14-,15-,16-,17?,19-,20-/m0/s1. The Hall–Kier alpha value is -1.58. The fourth-order valence-corrected chi connectivity index (χ4v) is 6.61. The summed E-state index contributed by atoms with van der Waals surface area (Å²) in [4.78, 5) is 23.2. The van der Waals surface area contributed by atoms with E-state index in [1.807, 2.05) is 6.08 Å². The fraction of sp³-hybridized carbons (Fsp3) is 0.700. The number of ketones is 1. The molecule has 3 fully saturated rings. The fourth-order valence-electron chi connectivity index (χ4n) is 6.61. The summed E-state index contributed by atoms with van der Waals surface area (Å²) in [7, 11) is 0. The minimum atomic E-state index is -0.390. The van der Waals surface area contributed by atoms with Crippen LogP contribution in [0.25, 0.3) is 0 Å². The smallest absolute Gasteiger partial charge is 0.312 e. The zero-order chi connectivity index (χ0) is 17.1. The van der Waals surface area contributed by atoms with Crippen LogP contribution in [0, 0.1) is 28.6 Å². The van der Waals surface area contributed by atoms with Gasteiger partial charge in [0, 0.05) is 11.5 Å². The van der Waals surface area contributed by atoms with Gasteiger partial charge in [-0.25, -0.2) is 4.79 Å². The molecule has 0 aromatic carbocycles. The Kier molecular flexibility index (Phi) is 3.45. The third-order valence-corrected chi connectivity index (χ3v) is 7.87. The molecule has 4 heteroatoms. The number of primary amides is 1. The van der Waals surface area contributed by atoms with Gasteiger partial charge in [0.05, 0.1) is 0 Å². The van der Waals surface area contributed by atoms with E-state index in [2.05, 4.69) is 25.2 Å². The highest BCUT2D eigenvalue weighted by atomic mass is 16.2. The Morgan fingerprint density at radius 3 is 2.75 bits per heavy atom. The van der Waals surface area contributed by atoms with Crippen LogP contribution in [0.5, 0.6) is 0 Å². The molecule has 24 heavy (non-hydrogen) atoms. The zero-order valence-electron chi connectivity index (χ0n) is 14.7. The average Bonchev–Trinajstić information content (AvgIpc) is 2.84. The molecule has 0 spiro atoms. The normalized spacial score (nSPS) is 46.6. The molecule has 0 aromatic heterocycles. The summed E-state index contributed by atoms with van der Waals surface area (Å²) in [6, 6.07) is -0.173. The Balaban J connectivity index is 1.63. The number of urea groups is 1. The number of carbonyl (C=O) groups excluding carboxylic acids is 2. The van der Waals surface area contributed by atoms with Gasteiger partial charge in [-0.15, -0.1) is 0 Å². The SMILES string of the molecule is C[C@]12C=CC(=O)C=C1CC[C@@H]1[C@@H]2CC[C@]2(C)C(NC(N)=O)CC[C@@H]12. The molecule has 130 valence electrons. The van der Waals surface area contributed by atoms with Crippen LogP contribution in [-0.4, -0.2) is 17.9 Å². The minimum absolute atomic E-state index is 0.0490. The lowest BCUT2D eigenvalue weighted by Crippen LogP contribution is -2.54. The second-order valence-electron chi connectivity index (χ2n) is 8.79. The van der Waals surface area contributed by atoms with Crippen molar-refractivity contribution in [2.75, 3.05) is 0 Å². The average molecular weight is 328 g/mol. The van der Waals surface area contributed by atoms with E-state index in [9.17, 15) is 9.59 Å². The molecule has 0 saturated heterocycles. The number of fused-ring (bicyclic) bond motifs is 5. The molecule has 0 aliphatic heterocycles. The van der Waals surface area contributed by atoms with E-state index in [1.165, 1.54) is 24.8 Å². The second-order valence-corrected chi connectivity index (χ2v) is 8.79. The third-order valence-electron chi connectivity index (χ3n) is 7.87. The summed E-state index contributed by atoms with van der Waals surface area (Å²) >= 11 is 0. The van der Waals surface area contributed by atoms with Crippen molar-refractivity contribution in [3.63, 3.8) is 0 Å². The molecule has 1 unspecified atom stereocenters. The van der Waals surface area contributed by atoms with Gasteiger partial charge >= 0.3 is 6.03 Å². The zero-order valence-corrected chi connectivity index (χ0v) is 14.7. The van der Waals surface area contributed by atoms with Crippen molar-refractivity contribution in [1.82, 2.24) is 5.32 Å². The first-order valence-corrected chi connectivity index (χ1v) is 9.35. The van der Waals surface area contributed by atoms with Crippen molar-refractivity contribution in [1.29, 1.82) is 0 Å². The van der Waals surface area contributed by atoms with Crippen molar-refractivity contribution in [2.24, 2.45) is 34.3 Å². The van der Waals surface area contributed by atoms with Gasteiger partial charge in [0.2, 0.25) is 0 Å². The van der Waals surface area contributed by atoms with Gasteiger partial charge in [0.1, 0.15) is 0 Å².